The first-order chi connectivity index (χ1) is 12.0. The number of aromatic nitrogens is 1. The fourth-order valence-corrected chi connectivity index (χ4v) is 3.81. The predicted octanol–water partition coefficient (Wildman–Crippen LogP) is 3.53. The van der Waals surface area contributed by atoms with Crippen LogP contribution in [-0.4, -0.2) is 16.7 Å². The van der Waals surface area contributed by atoms with E-state index in [9.17, 15) is 9.59 Å². The van der Waals surface area contributed by atoms with Gasteiger partial charge in [0, 0.05) is 6.42 Å². The van der Waals surface area contributed by atoms with Crippen molar-refractivity contribution in [1.29, 1.82) is 0 Å². The van der Waals surface area contributed by atoms with Gasteiger partial charge in [0.2, 0.25) is 0 Å². The van der Waals surface area contributed by atoms with Crippen molar-refractivity contribution in [3.05, 3.63) is 59.4 Å². The molecule has 0 fully saturated rings. The second-order valence-electron chi connectivity index (χ2n) is 7.22. The predicted molar refractivity (Wildman–Crippen MR) is 90.3 cm³/mol. The van der Waals surface area contributed by atoms with Crippen molar-refractivity contribution in [3.8, 4) is 5.88 Å². The lowest BCUT2D eigenvalue weighted by atomic mass is 9.52. The van der Waals surface area contributed by atoms with E-state index < -0.39 is 10.8 Å². The topological polar surface area (TPSA) is 69.4 Å². The summed E-state index contributed by atoms with van der Waals surface area (Å²) in [5.41, 5.74) is -0.320. The van der Waals surface area contributed by atoms with Crippen molar-refractivity contribution in [2.75, 3.05) is 0 Å². The van der Waals surface area contributed by atoms with Gasteiger partial charge >= 0.3 is 0 Å². The molecule has 0 aliphatic heterocycles. The van der Waals surface area contributed by atoms with Crippen LogP contribution in [0, 0.1) is 10.8 Å². The normalized spacial score (nSPS) is 27.8. The Balaban J connectivity index is 1.69. The van der Waals surface area contributed by atoms with Crippen LogP contribution < -0.4 is 4.74 Å². The first-order valence-corrected chi connectivity index (χ1v) is 8.37. The van der Waals surface area contributed by atoms with Crippen molar-refractivity contribution in [2.24, 2.45) is 10.8 Å². The monoisotopic (exact) mass is 337 g/mol. The average Bonchev–Trinajstić information content (AvgIpc) is 3.00. The molecule has 0 amide bonds. The maximum Gasteiger partial charge on any atom is 0.265 e. The number of rotatable bonds is 3. The second kappa shape index (κ2) is 5.41. The molecule has 1 heterocycles. The molecule has 5 heteroatoms. The Morgan fingerprint density at radius 1 is 1.20 bits per heavy atom. The van der Waals surface area contributed by atoms with Crippen molar-refractivity contribution in [1.82, 2.24) is 5.16 Å². The standard InChI is InChI=1S/C20H19NO4/c1-19-10-6-9-15(22)20(19,2)17(23)16-14(11-19)25-21-18(16)24-12-13-7-4-3-5-8-13/h3-9H,10-12H2,1-2H3/t19-,20+/m0/s1. The van der Waals surface area contributed by atoms with Gasteiger partial charge in [0.05, 0.1) is 5.41 Å². The number of ether oxygens (including phenoxy) is 1. The number of hydrogen-bond donors (Lipinski definition) is 0. The van der Waals surface area contributed by atoms with Crippen LogP contribution in [0.1, 0.15) is 41.9 Å². The number of carbonyl (C=O) groups is 2. The number of Topliss-reactive ketones (excluding diaryl/α,β-unsaturated/α-hetero) is 1. The minimum Gasteiger partial charge on any atom is -0.470 e. The van der Waals surface area contributed by atoms with E-state index in [0.717, 1.165) is 5.56 Å². The van der Waals surface area contributed by atoms with E-state index in [0.29, 0.717) is 24.2 Å². The lowest BCUT2D eigenvalue weighted by molar-refractivity contribution is -0.127. The molecule has 1 aromatic heterocycles. The summed E-state index contributed by atoms with van der Waals surface area (Å²) in [6.45, 7) is 3.98. The van der Waals surface area contributed by atoms with E-state index in [1.165, 1.54) is 6.08 Å². The molecule has 1 aromatic carbocycles. The summed E-state index contributed by atoms with van der Waals surface area (Å²) >= 11 is 0. The van der Waals surface area contributed by atoms with Crippen molar-refractivity contribution in [2.45, 2.75) is 33.3 Å². The molecule has 25 heavy (non-hydrogen) atoms. The molecule has 0 N–H and O–H groups in total. The van der Waals surface area contributed by atoms with Gasteiger partial charge in [0.25, 0.3) is 5.88 Å². The molecule has 128 valence electrons. The molecule has 2 atom stereocenters. The number of nitrogens with zero attached hydrogens (tertiary/aromatic N) is 1. The van der Waals surface area contributed by atoms with Crippen LogP contribution in [0.4, 0.5) is 0 Å². The fourth-order valence-electron chi connectivity index (χ4n) is 3.81. The minimum atomic E-state index is -1.11. The summed E-state index contributed by atoms with van der Waals surface area (Å²) in [6.07, 6.45) is 4.50. The summed E-state index contributed by atoms with van der Waals surface area (Å²) < 4.78 is 11.1. The van der Waals surface area contributed by atoms with E-state index in [1.807, 2.05) is 43.3 Å². The van der Waals surface area contributed by atoms with Crippen LogP contribution in [0.5, 0.6) is 5.88 Å². The Labute approximate surface area is 145 Å². The average molecular weight is 337 g/mol. The second-order valence-corrected chi connectivity index (χ2v) is 7.22. The first kappa shape index (κ1) is 15.8. The molecule has 0 spiro atoms. The lowest BCUT2D eigenvalue weighted by Crippen LogP contribution is -2.54. The van der Waals surface area contributed by atoms with Crippen molar-refractivity contribution < 1.29 is 18.8 Å². The Bertz CT molecular complexity index is 882. The van der Waals surface area contributed by atoms with Crippen LogP contribution in [0.15, 0.2) is 47.0 Å². The zero-order chi connectivity index (χ0) is 17.7. The van der Waals surface area contributed by atoms with E-state index >= 15 is 0 Å². The van der Waals surface area contributed by atoms with Crippen LogP contribution in [0.3, 0.4) is 0 Å². The van der Waals surface area contributed by atoms with Crippen LogP contribution in [0.2, 0.25) is 0 Å². The highest BCUT2D eigenvalue weighted by atomic mass is 16.5. The highest BCUT2D eigenvalue weighted by Gasteiger charge is 2.60. The summed E-state index contributed by atoms with van der Waals surface area (Å²) in [7, 11) is 0. The molecule has 0 saturated carbocycles. The SMILES string of the molecule is C[C@@]12CC=CC(=O)[C@]1(C)C(=O)c1c(OCc3ccccc3)noc1C2. The Kier molecular flexibility index (Phi) is 3.42. The highest BCUT2D eigenvalue weighted by Crippen LogP contribution is 2.54. The highest BCUT2D eigenvalue weighted by molar-refractivity contribution is 6.20. The molecule has 2 aliphatic rings. The summed E-state index contributed by atoms with van der Waals surface area (Å²) in [5, 5.41) is 3.96. The third-order valence-corrected chi connectivity index (χ3v) is 5.72. The molecule has 0 saturated heterocycles. The minimum absolute atomic E-state index is 0.160. The Morgan fingerprint density at radius 2 is 1.96 bits per heavy atom. The zero-order valence-corrected chi connectivity index (χ0v) is 14.2. The number of hydrogen-bond acceptors (Lipinski definition) is 5. The van der Waals surface area contributed by atoms with Gasteiger partial charge in [-0.3, -0.25) is 9.59 Å². The number of ketones is 2. The van der Waals surface area contributed by atoms with E-state index in [2.05, 4.69) is 5.16 Å². The Morgan fingerprint density at radius 3 is 2.72 bits per heavy atom. The van der Waals surface area contributed by atoms with Gasteiger partial charge in [-0.25, -0.2) is 0 Å². The molecule has 0 unspecified atom stereocenters. The largest absolute Gasteiger partial charge is 0.470 e. The van der Waals surface area contributed by atoms with Gasteiger partial charge < -0.3 is 9.26 Å². The maximum absolute atomic E-state index is 13.2. The van der Waals surface area contributed by atoms with Gasteiger partial charge in [0.15, 0.2) is 17.3 Å². The third-order valence-electron chi connectivity index (χ3n) is 5.72. The van der Waals surface area contributed by atoms with Gasteiger partial charge in [-0.05, 0) is 35.6 Å². The number of benzene rings is 1. The smallest absolute Gasteiger partial charge is 0.265 e. The van der Waals surface area contributed by atoms with Crippen molar-refractivity contribution >= 4 is 11.6 Å². The van der Waals surface area contributed by atoms with Gasteiger partial charge in [-0.1, -0.05) is 43.3 Å². The first-order valence-electron chi connectivity index (χ1n) is 8.37. The van der Waals surface area contributed by atoms with E-state index in [1.54, 1.807) is 6.92 Å². The number of fused-ring (bicyclic) bond motifs is 2. The van der Waals surface area contributed by atoms with Crippen LogP contribution in [-0.2, 0) is 17.8 Å². The van der Waals surface area contributed by atoms with Crippen molar-refractivity contribution in [3.63, 3.8) is 0 Å². The maximum atomic E-state index is 13.2. The molecule has 2 aliphatic carbocycles. The fraction of sp³-hybridized carbons (Fsp3) is 0.350. The summed E-state index contributed by atoms with van der Waals surface area (Å²) in [6, 6.07) is 9.63. The number of allylic oxidation sites excluding steroid dienone is 2. The summed E-state index contributed by atoms with van der Waals surface area (Å²) in [4.78, 5) is 25.8. The van der Waals surface area contributed by atoms with E-state index in [4.69, 9.17) is 9.26 Å². The molecule has 2 aromatic rings. The van der Waals surface area contributed by atoms with Crippen LogP contribution in [0.25, 0.3) is 0 Å². The quantitative estimate of drug-likeness (QED) is 0.801. The number of carbonyl (C=O) groups excluding carboxylic acids is 2. The third kappa shape index (κ3) is 2.18. The molecule has 4 rings (SSSR count). The molecular weight excluding hydrogens is 318 g/mol. The zero-order valence-electron chi connectivity index (χ0n) is 14.2. The van der Waals surface area contributed by atoms with Crippen LogP contribution >= 0.6 is 0 Å². The molecule has 5 nitrogen and oxygen atoms in total. The molecule has 0 bridgehead atoms. The molecular formula is C20H19NO4. The molecule has 0 radical (unpaired) electrons. The van der Waals surface area contributed by atoms with Gasteiger partial charge in [0.1, 0.15) is 12.2 Å². The summed E-state index contributed by atoms with van der Waals surface area (Å²) in [5.74, 6) is 0.271. The van der Waals surface area contributed by atoms with E-state index in [-0.39, 0.29) is 24.1 Å². The Hall–Kier alpha value is -2.69. The van der Waals surface area contributed by atoms with Gasteiger partial charge in [-0.2, -0.15) is 0 Å². The van der Waals surface area contributed by atoms with Gasteiger partial charge in [-0.15, -0.1) is 0 Å². The lowest BCUT2D eigenvalue weighted by Gasteiger charge is -2.47.